The molecule has 0 saturated heterocycles. The maximum Gasteiger partial charge on any atom is 0.154 e. The van der Waals surface area contributed by atoms with Gasteiger partial charge < -0.3 is 4.90 Å². The first-order valence-electron chi connectivity index (χ1n) is 4.05. The fourth-order valence-corrected chi connectivity index (χ4v) is 1.61. The maximum absolute atomic E-state index is 10.8. The molecule has 0 saturated carbocycles. The van der Waals surface area contributed by atoms with E-state index >= 15 is 0 Å². The van der Waals surface area contributed by atoms with E-state index in [-0.39, 0.29) is 5.78 Å². The van der Waals surface area contributed by atoms with Gasteiger partial charge in [-0.25, -0.2) is 0 Å². The molecule has 0 spiro atoms. The van der Waals surface area contributed by atoms with Gasteiger partial charge in [0.2, 0.25) is 0 Å². The van der Waals surface area contributed by atoms with Crippen LogP contribution in [0.4, 0.5) is 0 Å². The third kappa shape index (κ3) is 3.81. The van der Waals surface area contributed by atoms with Crippen LogP contribution < -0.4 is 0 Å². The van der Waals surface area contributed by atoms with Crippen LogP contribution in [0.3, 0.4) is 0 Å². The minimum absolute atomic E-state index is 0.0833. The van der Waals surface area contributed by atoms with Crippen molar-refractivity contribution in [1.82, 2.24) is 4.90 Å². The Morgan fingerprint density at radius 2 is 2.00 bits per heavy atom. The molecule has 0 amide bonds. The molecule has 0 aliphatic heterocycles. The predicted octanol–water partition coefficient (Wildman–Crippen LogP) is 2.08. The Kier molecular flexibility index (Phi) is 5.06. The topological polar surface area (TPSA) is 20.3 Å². The van der Waals surface area contributed by atoms with Crippen LogP contribution in [-0.2, 0) is 4.79 Å². The van der Waals surface area contributed by atoms with Crippen LogP contribution in [0.25, 0.3) is 0 Å². The molecule has 0 aromatic heterocycles. The van der Waals surface area contributed by atoms with Crippen LogP contribution in [-0.4, -0.2) is 22.6 Å². The second-order valence-corrected chi connectivity index (χ2v) is 3.38. The van der Waals surface area contributed by atoms with E-state index in [4.69, 9.17) is 0 Å². The van der Waals surface area contributed by atoms with E-state index in [9.17, 15) is 4.79 Å². The molecule has 0 rings (SSSR count). The molecule has 0 radical (unpaired) electrons. The number of carbonyl (C=O) groups excluding carboxylic acids is 1. The zero-order valence-electron chi connectivity index (χ0n) is 8.16. The van der Waals surface area contributed by atoms with Crippen molar-refractivity contribution in [1.29, 1.82) is 0 Å². The number of ketones is 1. The van der Waals surface area contributed by atoms with Crippen LogP contribution in [0.5, 0.6) is 0 Å². The van der Waals surface area contributed by atoms with Crippen molar-refractivity contribution in [2.24, 2.45) is 0 Å². The molecule has 0 N–H and O–H groups in total. The molecule has 0 aromatic carbocycles. The average molecular weight is 187 g/mol. The number of hydrogen-bond acceptors (Lipinski definition) is 3. The van der Waals surface area contributed by atoms with Crippen LogP contribution in [0, 0.1) is 0 Å². The SMILES string of the molecule is CC(=O)/C=C(/C)N(CS)C(C)C. The lowest BCUT2D eigenvalue weighted by Gasteiger charge is -2.27. The lowest BCUT2D eigenvalue weighted by atomic mass is 10.2. The summed E-state index contributed by atoms with van der Waals surface area (Å²) < 4.78 is 0. The van der Waals surface area contributed by atoms with Crippen molar-refractivity contribution in [3.05, 3.63) is 11.8 Å². The van der Waals surface area contributed by atoms with Gasteiger partial charge in [-0.3, -0.25) is 4.79 Å². The molecule has 2 nitrogen and oxygen atoms in total. The Hall–Kier alpha value is -0.440. The summed E-state index contributed by atoms with van der Waals surface area (Å²) in [6.07, 6.45) is 1.64. The Morgan fingerprint density at radius 3 is 2.25 bits per heavy atom. The number of carbonyl (C=O) groups is 1. The van der Waals surface area contributed by atoms with Gasteiger partial charge in [-0.15, -0.1) is 0 Å². The van der Waals surface area contributed by atoms with E-state index in [1.807, 2.05) is 6.92 Å². The first-order chi connectivity index (χ1) is 5.49. The monoisotopic (exact) mass is 187 g/mol. The molecule has 0 aromatic rings. The van der Waals surface area contributed by atoms with Gasteiger partial charge in [0.05, 0.1) is 5.88 Å². The molecule has 3 heteroatoms. The smallest absolute Gasteiger partial charge is 0.154 e. The van der Waals surface area contributed by atoms with Gasteiger partial charge in [0, 0.05) is 11.7 Å². The lowest BCUT2D eigenvalue weighted by molar-refractivity contribution is -0.112. The van der Waals surface area contributed by atoms with Crippen LogP contribution >= 0.6 is 12.6 Å². The number of hydrogen-bond donors (Lipinski definition) is 1. The quantitative estimate of drug-likeness (QED) is 0.413. The van der Waals surface area contributed by atoms with Gasteiger partial charge in [-0.2, -0.15) is 12.6 Å². The number of thiol groups is 1. The summed E-state index contributed by atoms with van der Waals surface area (Å²) in [7, 11) is 0. The molecular formula is C9H17NOS. The Bertz CT molecular complexity index is 187. The van der Waals surface area contributed by atoms with Crippen molar-refractivity contribution in [3.8, 4) is 0 Å². The van der Waals surface area contributed by atoms with Crippen molar-refractivity contribution < 1.29 is 4.79 Å². The van der Waals surface area contributed by atoms with Crippen molar-refractivity contribution >= 4 is 18.4 Å². The number of allylic oxidation sites excluding steroid dienone is 2. The van der Waals surface area contributed by atoms with Crippen LogP contribution in [0.1, 0.15) is 27.7 Å². The molecular weight excluding hydrogens is 170 g/mol. The van der Waals surface area contributed by atoms with Gasteiger partial charge in [0.15, 0.2) is 5.78 Å². The van der Waals surface area contributed by atoms with E-state index in [0.717, 1.165) is 5.70 Å². The lowest BCUT2D eigenvalue weighted by Crippen LogP contribution is -2.28. The molecule has 0 atom stereocenters. The summed E-state index contributed by atoms with van der Waals surface area (Å²) in [6.45, 7) is 7.64. The summed E-state index contributed by atoms with van der Waals surface area (Å²) in [5.41, 5.74) is 0.979. The van der Waals surface area contributed by atoms with Gasteiger partial charge in [-0.05, 0) is 33.8 Å². The molecule has 0 aliphatic rings. The summed E-state index contributed by atoms with van der Waals surface area (Å²) in [5.74, 6) is 0.729. The second kappa shape index (κ2) is 5.25. The molecule has 70 valence electrons. The van der Waals surface area contributed by atoms with Crippen molar-refractivity contribution in [3.63, 3.8) is 0 Å². The van der Waals surface area contributed by atoms with Crippen LogP contribution in [0.2, 0.25) is 0 Å². The molecule has 0 unspecified atom stereocenters. The zero-order valence-corrected chi connectivity index (χ0v) is 9.06. The standard InChI is InChI=1S/C9H17NOS/c1-7(2)10(6-12)8(3)5-9(4)11/h5,7,12H,6H2,1-4H3/b8-5-. The first-order valence-corrected chi connectivity index (χ1v) is 4.68. The molecule has 0 bridgehead atoms. The zero-order chi connectivity index (χ0) is 9.72. The first kappa shape index (κ1) is 11.6. The Balaban J connectivity index is 4.40. The van der Waals surface area contributed by atoms with E-state index in [2.05, 4.69) is 31.4 Å². The fourth-order valence-electron chi connectivity index (χ4n) is 1.06. The van der Waals surface area contributed by atoms with Crippen LogP contribution in [0.15, 0.2) is 11.8 Å². The second-order valence-electron chi connectivity index (χ2n) is 3.10. The Morgan fingerprint density at radius 1 is 1.50 bits per heavy atom. The summed E-state index contributed by atoms with van der Waals surface area (Å²) in [5, 5.41) is 0. The fraction of sp³-hybridized carbons (Fsp3) is 0.667. The molecule has 0 fully saturated rings. The van der Waals surface area contributed by atoms with E-state index < -0.39 is 0 Å². The minimum Gasteiger partial charge on any atom is -0.364 e. The van der Waals surface area contributed by atoms with Crippen molar-refractivity contribution in [2.75, 3.05) is 5.88 Å². The molecule has 12 heavy (non-hydrogen) atoms. The molecule has 0 aliphatic carbocycles. The largest absolute Gasteiger partial charge is 0.364 e. The highest BCUT2D eigenvalue weighted by Crippen LogP contribution is 2.09. The predicted molar refractivity (Wildman–Crippen MR) is 55.3 cm³/mol. The van der Waals surface area contributed by atoms with Gasteiger partial charge in [0.25, 0.3) is 0 Å². The summed E-state index contributed by atoms with van der Waals surface area (Å²) in [4.78, 5) is 12.8. The van der Waals surface area contributed by atoms with E-state index in [1.54, 1.807) is 13.0 Å². The van der Waals surface area contributed by atoms with Gasteiger partial charge in [-0.1, -0.05) is 0 Å². The number of rotatable bonds is 4. The maximum atomic E-state index is 10.8. The third-order valence-corrected chi connectivity index (χ3v) is 1.95. The summed E-state index contributed by atoms with van der Waals surface area (Å²) in [6, 6.07) is 0.387. The normalized spacial score (nSPS) is 12.0. The highest BCUT2D eigenvalue weighted by Gasteiger charge is 2.07. The highest BCUT2D eigenvalue weighted by molar-refractivity contribution is 7.80. The third-order valence-electron chi connectivity index (χ3n) is 1.64. The minimum atomic E-state index is 0.0833. The highest BCUT2D eigenvalue weighted by atomic mass is 32.1. The van der Waals surface area contributed by atoms with E-state index in [0.29, 0.717) is 11.9 Å². The summed E-state index contributed by atoms with van der Waals surface area (Å²) >= 11 is 4.19. The average Bonchev–Trinajstić information content (AvgIpc) is 1.85. The number of nitrogens with zero attached hydrogens (tertiary/aromatic N) is 1. The van der Waals surface area contributed by atoms with E-state index in [1.165, 1.54) is 0 Å². The van der Waals surface area contributed by atoms with Gasteiger partial charge >= 0.3 is 0 Å². The van der Waals surface area contributed by atoms with Crippen molar-refractivity contribution in [2.45, 2.75) is 33.7 Å². The Labute approximate surface area is 80.0 Å². The molecule has 0 heterocycles. The van der Waals surface area contributed by atoms with Gasteiger partial charge in [0.1, 0.15) is 0 Å².